The minimum absolute atomic E-state index is 0.0335. The Kier molecular flexibility index (Phi) is 5.09. The molecule has 0 aromatic heterocycles. The zero-order valence-electron chi connectivity index (χ0n) is 10.3. The lowest BCUT2D eigenvalue weighted by Crippen LogP contribution is -2.27. The Morgan fingerprint density at radius 3 is 2.84 bits per heavy atom. The molecule has 7 heteroatoms. The molecule has 1 heterocycles. The highest BCUT2D eigenvalue weighted by Gasteiger charge is 2.20. The summed E-state index contributed by atoms with van der Waals surface area (Å²) in [6.07, 6.45) is 1.92. The molecular weight excluding hydrogens is 307 g/mol. The minimum atomic E-state index is -3.59. The molecule has 1 unspecified atom stereocenters. The number of sulfonamides is 1. The monoisotopic (exact) mass is 322 g/mol. The number of benzene rings is 1. The van der Waals surface area contributed by atoms with Crippen molar-refractivity contribution in [3.05, 3.63) is 28.2 Å². The van der Waals surface area contributed by atoms with Crippen LogP contribution in [0.25, 0.3) is 0 Å². The van der Waals surface area contributed by atoms with Crippen LogP contribution >= 0.6 is 23.2 Å². The maximum absolute atomic E-state index is 12.1. The van der Waals surface area contributed by atoms with Gasteiger partial charge in [-0.05, 0) is 44.0 Å². The Bertz CT molecular complexity index is 543. The van der Waals surface area contributed by atoms with Gasteiger partial charge in [0.1, 0.15) is 4.90 Å². The van der Waals surface area contributed by atoms with Crippen LogP contribution in [0, 0.1) is 5.92 Å². The molecule has 0 aliphatic carbocycles. The predicted octanol–water partition coefficient (Wildman–Crippen LogP) is 2.27. The Morgan fingerprint density at radius 2 is 2.16 bits per heavy atom. The van der Waals surface area contributed by atoms with Crippen molar-refractivity contribution in [2.24, 2.45) is 5.92 Å². The van der Waals surface area contributed by atoms with Crippen molar-refractivity contribution in [3.8, 4) is 0 Å². The van der Waals surface area contributed by atoms with E-state index >= 15 is 0 Å². The quantitative estimate of drug-likeness (QED) is 0.874. The summed E-state index contributed by atoms with van der Waals surface area (Å²) < 4.78 is 26.8. The molecule has 0 amide bonds. The van der Waals surface area contributed by atoms with Gasteiger partial charge in [-0.1, -0.05) is 29.3 Å². The summed E-state index contributed by atoms with van der Waals surface area (Å²) in [6, 6.07) is 4.59. The zero-order valence-corrected chi connectivity index (χ0v) is 12.7. The molecule has 106 valence electrons. The average molecular weight is 323 g/mol. The minimum Gasteiger partial charge on any atom is -0.316 e. The van der Waals surface area contributed by atoms with E-state index in [0.717, 1.165) is 25.9 Å². The van der Waals surface area contributed by atoms with E-state index < -0.39 is 10.0 Å². The molecule has 0 spiro atoms. The molecule has 0 bridgehead atoms. The second-order valence-corrected chi connectivity index (χ2v) is 7.12. The SMILES string of the molecule is O=S(=O)(NCCC1CCNC1)c1cccc(Cl)c1Cl. The van der Waals surface area contributed by atoms with Gasteiger partial charge in [0.05, 0.1) is 10.0 Å². The van der Waals surface area contributed by atoms with Crippen molar-refractivity contribution in [1.29, 1.82) is 0 Å². The normalized spacial score (nSPS) is 19.8. The van der Waals surface area contributed by atoms with Crippen LogP contribution in [0.15, 0.2) is 23.1 Å². The van der Waals surface area contributed by atoms with Gasteiger partial charge in [-0.15, -0.1) is 0 Å². The molecule has 1 aliphatic heterocycles. The van der Waals surface area contributed by atoms with Crippen LogP contribution in [0.2, 0.25) is 10.0 Å². The summed E-state index contributed by atoms with van der Waals surface area (Å²) in [5.41, 5.74) is 0. The van der Waals surface area contributed by atoms with Crippen molar-refractivity contribution >= 4 is 33.2 Å². The summed E-state index contributed by atoms with van der Waals surface area (Å²) in [4.78, 5) is 0.0335. The standard InChI is InChI=1S/C12H16Cl2N2O2S/c13-10-2-1-3-11(12(10)14)19(17,18)16-7-5-9-4-6-15-8-9/h1-3,9,15-16H,4-8H2. The molecule has 19 heavy (non-hydrogen) atoms. The predicted molar refractivity (Wildman–Crippen MR) is 77.2 cm³/mol. The molecule has 1 atom stereocenters. The van der Waals surface area contributed by atoms with Gasteiger partial charge in [-0.3, -0.25) is 0 Å². The lowest BCUT2D eigenvalue weighted by atomic mass is 10.1. The fourth-order valence-electron chi connectivity index (χ4n) is 2.13. The van der Waals surface area contributed by atoms with Gasteiger partial charge in [0, 0.05) is 6.54 Å². The molecule has 1 aromatic rings. The van der Waals surface area contributed by atoms with E-state index in [9.17, 15) is 8.42 Å². The summed E-state index contributed by atoms with van der Waals surface area (Å²) in [7, 11) is -3.59. The van der Waals surface area contributed by atoms with E-state index in [1.54, 1.807) is 12.1 Å². The first kappa shape index (κ1) is 15.1. The topological polar surface area (TPSA) is 58.2 Å². The number of hydrogen-bond donors (Lipinski definition) is 2. The van der Waals surface area contributed by atoms with Crippen LogP contribution in [0.5, 0.6) is 0 Å². The zero-order chi connectivity index (χ0) is 13.9. The summed E-state index contributed by atoms with van der Waals surface area (Å²) in [6.45, 7) is 2.38. The molecular formula is C12H16Cl2N2O2S. The van der Waals surface area contributed by atoms with E-state index in [4.69, 9.17) is 23.2 Å². The highest BCUT2D eigenvalue weighted by molar-refractivity contribution is 7.89. The van der Waals surface area contributed by atoms with Crippen LogP contribution in [0.1, 0.15) is 12.8 Å². The van der Waals surface area contributed by atoms with E-state index in [2.05, 4.69) is 10.0 Å². The van der Waals surface area contributed by atoms with Crippen molar-refractivity contribution in [2.75, 3.05) is 19.6 Å². The lowest BCUT2D eigenvalue weighted by Gasteiger charge is -2.11. The molecule has 4 nitrogen and oxygen atoms in total. The van der Waals surface area contributed by atoms with Gasteiger partial charge < -0.3 is 5.32 Å². The highest BCUT2D eigenvalue weighted by Crippen LogP contribution is 2.28. The molecule has 1 aliphatic rings. The number of rotatable bonds is 5. The van der Waals surface area contributed by atoms with Crippen molar-refractivity contribution in [2.45, 2.75) is 17.7 Å². The van der Waals surface area contributed by atoms with E-state index in [1.165, 1.54) is 6.07 Å². The van der Waals surface area contributed by atoms with E-state index in [0.29, 0.717) is 12.5 Å². The fourth-order valence-corrected chi connectivity index (χ4v) is 3.93. The Labute approximate surface area is 123 Å². The number of nitrogens with one attached hydrogen (secondary N) is 2. The van der Waals surface area contributed by atoms with Gasteiger partial charge in [0.2, 0.25) is 10.0 Å². The van der Waals surface area contributed by atoms with Crippen LogP contribution in [0.4, 0.5) is 0 Å². The third kappa shape index (κ3) is 3.83. The second kappa shape index (κ2) is 6.41. The van der Waals surface area contributed by atoms with Crippen molar-refractivity contribution in [3.63, 3.8) is 0 Å². The maximum Gasteiger partial charge on any atom is 0.242 e. The lowest BCUT2D eigenvalue weighted by molar-refractivity contribution is 0.519. The molecule has 1 saturated heterocycles. The second-order valence-electron chi connectivity index (χ2n) is 4.60. The van der Waals surface area contributed by atoms with Crippen LogP contribution in [-0.2, 0) is 10.0 Å². The number of halogens is 2. The summed E-state index contributed by atoms with van der Waals surface area (Å²) in [5.74, 6) is 0.539. The molecule has 0 saturated carbocycles. The van der Waals surface area contributed by atoms with E-state index in [1.807, 2.05) is 0 Å². The Hall–Kier alpha value is -0.330. The highest BCUT2D eigenvalue weighted by atomic mass is 35.5. The van der Waals surface area contributed by atoms with Crippen LogP contribution < -0.4 is 10.0 Å². The van der Waals surface area contributed by atoms with Gasteiger partial charge in [-0.2, -0.15) is 0 Å². The maximum atomic E-state index is 12.1. The smallest absolute Gasteiger partial charge is 0.242 e. The van der Waals surface area contributed by atoms with Gasteiger partial charge in [0.25, 0.3) is 0 Å². The third-order valence-corrected chi connectivity index (χ3v) is 5.65. The third-order valence-electron chi connectivity index (χ3n) is 3.21. The summed E-state index contributed by atoms with van der Waals surface area (Å²) in [5, 5.41) is 3.56. The first-order chi connectivity index (χ1) is 9.00. The summed E-state index contributed by atoms with van der Waals surface area (Å²) >= 11 is 11.7. The van der Waals surface area contributed by atoms with Crippen LogP contribution in [0.3, 0.4) is 0 Å². The van der Waals surface area contributed by atoms with Gasteiger partial charge >= 0.3 is 0 Å². The molecule has 2 N–H and O–H groups in total. The average Bonchev–Trinajstić information content (AvgIpc) is 2.85. The molecule has 1 fully saturated rings. The van der Waals surface area contributed by atoms with Crippen molar-refractivity contribution < 1.29 is 8.42 Å². The largest absolute Gasteiger partial charge is 0.316 e. The molecule has 1 aromatic carbocycles. The molecule has 2 rings (SSSR count). The Morgan fingerprint density at radius 1 is 1.37 bits per heavy atom. The Balaban J connectivity index is 1.99. The first-order valence-corrected chi connectivity index (χ1v) is 8.39. The fraction of sp³-hybridized carbons (Fsp3) is 0.500. The van der Waals surface area contributed by atoms with E-state index in [-0.39, 0.29) is 14.9 Å². The van der Waals surface area contributed by atoms with Gasteiger partial charge in [-0.25, -0.2) is 13.1 Å². The van der Waals surface area contributed by atoms with Crippen LogP contribution in [-0.4, -0.2) is 28.1 Å². The van der Waals surface area contributed by atoms with Gasteiger partial charge in [0.15, 0.2) is 0 Å². The first-order valence-electron chi connectivity index (χ1n) is 6.15. The number of hydrogen-bond acceptors (Lipinski definition) is 3. The molecule has 0 radical (unpaired) electrons. The van der Waals surface area contributed by atoms with Crippen molar-refractivity contribution in [1.82, 2.24) is 10.0 Å².